The van der Waals surface area contributed by atoms with Gasteiger partial charge in [0.2, 0.25) is 11.2 Å². The maximum atomic E-state index is 12.7. The maximum Gasteiger partial charge on any atom is 0.311 e. The highest BCUT2D eigenvalue weighted by Gasteiger charge is 2.21. The molecule has 116 valence electrons. The number of esters is 1. The second kappa shape index (κ2) is 6.26. The molecule has 0 amide bonds. The largest absolute Gasteiger partial charge is 0.452 e. The highest BCUT2D eigenvalue weighted by atomic mass is 35.5. The zero-order chi connectivity index (χ0) is 16.4. The van der Waals surface area contributed by atoms with Crippen molar-refractivity contribution in [3.05, 3.63) is 63.8 Å². The van der Waals surface area contributed by atoms with Crippen LogP contribution in [-0.4, -0.2) is 5.97 Å². The van der Waals surface area contributed by atoms with Crippen LogP contribution in [0.3, 0.4) is 0 Å². The first-order valence-corrected chi connectivity index (χ1v) is 7.51. The number of benzene rings is 2. The van der Waals surface area contributed by atoms with Gasteiger partial charge in [0.05, 0.1) is 10.4 Å². The Balaban J connectivity index is 2.34. The van der Waals surface area contributed by atoms with Gasteiger partial charge < -0.3 is 9.15 Å². The maximum absolute atomic E-state index is 12.7. The van der Waals surface area contributed by atoms with Crippen molar-refractivity contribution in [2.45, 2.75) is 13.3 Å². The van der Waals surface area contributed by atoms with E-state index in [2.05, 4.69) is 0 Å². The fraction of sp³-hybridized carbons (Fsp3) is 0.111. The summed E-state index contributed by atoms with van der Waals surface area (Å²) in [6.07, 6.45) is 0.147. The summed E-state index contributed by atoms with van der Waals surface area (Å²) < 4.78 is 11.1. The van der Waals surface area contributed by atoms with Crippen LogP contribution in [0.4, 0.5) is 0 Å². The zero-order valence-corrected chi connectivity index (χ0v) is 13.1. The molecule has 23 heavy (non-hydrogen) atoms. The molecule has 0 aliphatic heterocycles. The zero-order valence-electron chi connectivity index (χ0n) is 12.3. The van der Waals surface area contributed by atoms with Gasteiger partial charge in [0.25, 0.3) is 0 Å². The number of carbonyl (C=O) groups excluding carboxylic acids is 1. The lowest BCUT2D eigenvalue weighted by molar-refractivity contribution is -0.134. The van der Waals surface area contributed by atoms with Gasteiger partial charge in [-0.1, -0.05) is 42.8 Å². The third kappa shape index (κ3) is 2.85. The lowest BCUT2D eigenvalue weighted by atomic mass is 10.1. The molecule has 0 atom stereocenters. The number of para-hydroxylation sites is 1. The van der Waals surface area contributed by atoms with E-state index in [1.54, 1.807) is 55.5 Å². The third-order valence-corrected chi connectivity index (χ3v) is 3.71. The number of hydrogen-bond acceptors (Lipinski definition) is 4. The molecule has 0 spiro atoms. The molecule has 1 heterocycles. The number of rotatable bonds is 3. The normalized spacial score (nSPS) is 10.7. The average Bonchev–Trinajstić information content (AvgIpc) is 2.57. The lowest BCUT2D eigenvalue weighted by Crippen LogP contribution is -2.15. The monoisotopic (exact) mass is 328 g/mol. The van der Waals surface area contributed by atoms with Crippen LogP contribution in [0.25, 0.3) is 22.3 Å². The Kier molecular flexibility index (Phi) is 4.17. The molecule has 0 bridgehead atoms. The van der Waals surface area contributed by atoms with Gasteiger partial charge >= 0.3 is 5.97 Å². The van der Waals surface area contributed by atoms with Crippen molar-refractivity contribution in [3.8, 4) is 17.1 Å². The van der Waals surface area contributed by atoms with Crippen molar-refractivity contribution >= 4 is 28.5 Å². The topological polar surface area (TPSA) is 56.5 Å². The number of hydrogen-bond donors (Lipinski definition) is 0. The molecule has 0 aliphatic carbocycles. The van der Waals surface area contributed by atoms with Crippen LogP contribution in [0.15, 0.2) is 57.7 Å². The van der Waals surface area contributed by atoms with Crippen molar-refractivity contribution < 1.29 is 13.9 Å². The summed E-state index contributed by atoms with van der Waals surface area (Å²) in [5.74, 6) is -0.495. The molecule has 0 saturated carbocycles. The molecule has 5 heteroatoms. The van der Waals surface area contributed by atoms with E-state index >= 15 is 0 Å². The van der Waals surface area contributed by atoms with Gasteiger partial charge in [0.1, 0.15) is 5.58 Å². The van der Waals surface area contributed by atoms with E-state index in [4.69, 9.17) is 20.8 Å². The third-order valence-electron chi connectivity index (χ3n) is 3.38. The number of fused-ring (bicyclic) bond motifs is 1. The molecule has 0 N–H and O–H groups in total. The Morgan fingerprint density at radius 2 is 1.83 bits per heavy atom. The van der Waals surface area contributed by atoms with Crippen LogP contribution in [0.5, 0.6) is 5.75 Å². The number of halogens is 1. The summed E-state index contributed by atoms with van der Waals surface area (Å²) in [6, 6.07) is 13.7. The molecule has 3 rings (SSSR count). The van der Waals surface area contributed by atoms with E-state index in [1.807, 2.05) is 0 Å². The Morgan fingerprint density at radius 3 is 2.57 bits per heavy atom. The second-order valence-corrected chi connectivity index (χ2v) is 5.30. The van der Waals surface area contributed by atoms with Gasteiger partial charge in [-0.25, -0.2) is 0 Å². The molecule has 0 fully saturated rings. The van der Waals surface area contributed by atoms with Crippen LogP contribution in [0.1, 0.15) is 13.3 Å². The summed E-state index contributed by atoms with van der Waals surface area (Å²) in [5.41, 5.74) is 0.503. The van der Waals surface area contributed by atoms with Crippen molar-refractivity contribution in [3.63, 3.8) is 0 Å². The lowest BCUT2D eigenvalue weighted by Gasteiger charge is -2.11. The Labute approximate surface area is 137 Å². The fourth-order valence-corrected chi connectivity index (χ4v) is 2.45. The summed E-state index contributed by atoms with van der Waals surface area (Å²) in [4.78, 5) is 24.4. The van der Waals surface area contributed by atoms with E-state index < -0.39 is 11.4 Å². The molecule has 0 unspecified atom stereocenters. The van der Waals surface area contributed by atoms with E-state index in [9.17, 15) is 9.59 Å². The number of ether oxygens (including phenoxy) is 1. The van der Waals surface area contributed by atoms with Crippen LogP contribution >= 0.6 is 11.6 Å². The minimum absolute atomic E-state index is 0.136. The van der Waals surface area contributed by atoms with E-state index in [0.29, 0.717) is 21.6 Å². The smallest absolute Gasteiger partial charge is 0.311 e. The van der Waals surface area contributed by atoms with Gasteiger partial charge in [-0.2, -0.15) is 0 Å². The van der Waals surface area contributed by atoms with E-state index in [-0.39, 0.29) is 17.9 Å². The van der Waals surface area contributed by atoms with Crippen LogP contribution in [-0.2, 0) is 4.79 Å². The van der Waals surface area contributed by atoms with Gasteiger partial charge in [0.15, 0.2) is 5.76 Å². The Hall–Kier alpha value is -2.59. The van der Waals surface area contributed by atoms with E-state index in [1.165, 1.54) is 0 Å². The van der Waals surface area contributed by atoms with Crippen molar-refractivity contribution in [2.24, 2.45) is 0 Å². The standard InChI is InChI=1S/C18H13ClO4/c1-2-15(20)23-18-16(21)12-8-4-6-10-14(12)22-17(18)11-7-3-5-9-13(11)19/h3-10H,2H2,1H3. The van der Waals surface area contributed by atoms with Crippen LogP contribution < -0.4 is 10.2 Å². The van der Waals surface area contributed by atoms with Crippen molar-refractivity contribution in [1.82, 2.24) is 0 Å². The SMILES string of the molecule is CCC(=O)Oc1c(-c2ccccc2Cl)oc2ccccc2c1=O. The van der Waals surface area contributed by atoms with Crippen molar-refractivity contribution in [1.29, 1.82) is 0 Å². The second-order valence-electron chi connectivity index (χ2n) is 4.89. The van der Waals surface area contributed by atoms with E-state index in [0.717, 1.165) is 0 Å². The summed E-state index contributed by atoms with van der Waals surface area (Å²) in [7, 11) is 0. The Morgan fingerprint density at radius 1 is 1.13 bits per heavy atom. The van der Waals surface area contributed by atoms with Crippen LogP contribution in [0.2, 0.25) is 5.02 Å². The molecule has 4 nitrogen and oxygen atoms in total. The first-order chi connectivity index (χ1) is 11.1. The Bertz CT molecular complexity index is 943. The minimum Gasteiger partial charge on any atom is -0.452 e. The van der Waals surface area contributed by atoms with Gasteiger partial charge in [-0.3, -0.25) is 9.59 Å². The first-order valence-electron chi connectivity index (χ1n) is 7.13. The number of carbonyl (C=O) groups is 1. The summed E-state index contributed by atoms with van der Waals surface area (Å²) in [5, 5.41) is 0.752. The molecular formula is C18H13ClO4. The summed E-state index contributed by atoms with van der Waals surface area (Å²) >= 11 is 6.20. The predicted octanol–water partition coefficient (Wildman–Crippen LogP) is 4.43. The van der Waals surface area contributed by atoms with Crippen LogP contribution in [0, 0.1) is 0 Å². The van der Waals surface area contributed by atoms with Gasteiger partial charge in [-0.15, -0.1) is 0 Å². The molecule has 0 aliphatic rings. The first kappa shape index (κ1) is 15.3. The van der Waals surface area contributed by atoms with Crippen molar-refractivity contribution in [2.75, 3.05) is 0 Å². The quantitative estimate of drug-likeness (QED) is 0.667. The minimum atomic E-state index is -0.513. The molecule has 1 aromatic heterocycles. The van der Waals surface area contributed by atoms with Gasteiger partial charge in [0, 0.05) is 12.0 Å². The summed E-state index contributed by atoms with van der Waals surface area (Å²) in [6.45, 7) is 1.65. The molecular weight excluding hydrogens is 316 g/mol. The highest BCUT2D eigenvalue weighted by molar-refractivity contribution is 6.33. The molecule has 0 saturated heterocycles. The molecule has 2 aromatic carbocycles. The molecule has 0 radical (unpaired) electrons. The highest BCUT2D eigenvalue weighted by Crippen LogP contribution is 2.35. The predicted molar refractivity (Wildman–Crippen MR) is 88.9 cm³/mol. The average molecular weight is 329 g/mol. The van der Waals surface area contributed by atoms with Gasteiger partial charge in [-0.05, 0) is 24.3 Å². The fourth-order valence-electron chi connectivity index (χ4n) is 2.23. The molecule has 3 aromatic rings.